The Morgan fingerprint density at radius 2 is 1.77 bits per heavy atom. The minimum atomic E-state index is 0.00477. The number of nitrogens with two attached hydrogens (primary N) is 1. The van der Waals surface area contributed by atoms with E-state index in [1.165, 1.54) is 0 Å². The first-order chi connectivity index (χ1) is 10.6. The van der Waals surface area contributed by atoms with Crippen molar-refractivity contribution in [1.82, 2.24) is 9.88 Å². The highest BCUT2D eigenvalue weighted by Gasteiger charge is 2.22. The fraction of sp³-hybridized carbons (Fsp3) is 0.389. The van der Waals surface area contributed by atoms with Gasteiger partial charge in [-0.2, -0.15) is 0 Å². The first-order valence-electron chi connectivity index (χ1n) is 7.92. The van der Waals surface area contributed by atoms with Crippen LogP contribution < -0.4 is 11.1 Å². The van der Waals surface area contributed by atoms with Gasteiger partial charge in [0.05, 0.1) is 0 Å². The number of benzene rings is 1. The van der Waals surface area contributed by atoms with Gasteiger partial charge in [-0.25, -0.2) is 0 Å². The van der Waals surface area contributed by atoms with E-state index in [9.17, 15) is 4.79 Å². The Hall–Kier alpha value is -2.07. The molecule has 0 unspecified atom stereocenters. The standard InChI is InChI=1S/C18H23N3O/c1-21-16(13-5-3-2-4-6-13)11-12-17(21)18(22)20-15-9-7-14(19)8-10-15/h2-6,11-12,14-15H,7-10,19H2,1H3,(H,20,22). The van der Waals surface area contributed by atoms with Crippen LogP contribution in [0, 0.1) is 0 Å². The normalized spacial score (nSPS) is 21.5. The molecule has 1 amide bonds. The first kappa shape index (κ1) is 14.9. The Morgan fingerprint density at radius 1 is 1.09 bits per heavy atom. The summed E-state index contributed by atoms with van der Waals surface area (Å²) in [4.78, 5) is 12.5. The lowest BCUT2D eigenvalue weighted by atomic mass is 9.92. The second-order valence-electron chi connectivity index (χ2n) is 6.11. The molecule has 22 heavy (non-hydrogen) atoms. The number of carbonyl (C=O) groups is 1. The highest BCUT2D eigenvalue weighted by molar-refractivity contribution is 5.94. The molecule has 3 rings (SSSR count). The smallest absolute Gasteiger partial charge is 0.268 e. The molecule has 0 radical (unpaired) electrons. The SMILES string of the molecule is Cn1c(C(=O)NC2CCC(N)CC2)ccc1-c1ccccc1. The van der Waals surface area contributed by atoms with Crippen molar-refractivity contribution in [3.63, 3.8) is 0 Å². The van der Waals surface area contributed by atoms with Gasteiger partial charge in [-0.15, -0.1) is 0 Å². The number of aromatic nitrogens is 1. The molecule has 1 aromatic carbocycles. The molecule has 2 aromatic rings. The number of hydrogen-bond acceptors (Lipinski definition) is 2. The van der Waals surface area contributed by atoms with Crippen LogP contribution in [0.3, 0.4) is 0 Å². The second kappa shape index (κ2) is 6.36. The van der Waals surface area contributed by atoms with Crippen molar-refractivity contribution in [2.75, 3.05) is 0 Å². The van der Waals surface area contributed by atoms with Gasteiger partial charge in [0.15, 0.2) is 0 Å². The molecule has 1 fully saturated rings. The Morgan fingerprint density at radius 3 is 2.45 bits per heavy atom. The van der Waals surface area contributed by atoms with Crippen LogP contribution in [0.5, 0.6) is 0 Å². The Bertz CT molecular complexity index is 640. The van der Waals surface area contributed by atoms with Crippen molar-refractivity contribution in [1.29, 1.82) is 0 Å². The van der Waals surface area contributed by atoms with Crippen LogP contribution in [-0.4, -0.2) is 22.6 Å². The van der Waals surface area contributed by atoms with Crippen molar-refractivity contribution in [2.24, 2.45) is 12.8 Å². The zero-order chi connectivity index (χ0) is 15.5. The molecule has 0 saturated heterocycles. The number of nitrogens with zero attached hydrogens (tertiary/aromatic N) is 1. The molecule has 0 spiro atoms. The van der Waals surface area contributed by atoms with Crippen molar-refractivity contribution in [3.05, 3.63) is 48.2 Å². The number of rotatable bonds is 3. The van der Waals surface area contributed by atoms with Gasteiger partial charge < -0.3 is 15.6 Å². The van der Waals surface area contributed by atoms with Crippen molar-refractivity contribution >= 4 is 5.91 Å². The number of carbonyl (C=O) groups excluding carboxylic acids is 1. The average Bonchev–Trinajstić information content (AvgIpc) is 2.92. The van der Waals surface area contributed by atoms with Crippen LogP contribution in [0.4, 0.5) is 0 Å². The molecule has 1 aliphatic rings. The summed E-state index contributed by atoms with van der Waals surface area (Å²) in [5, 5.41) is 3.15. The predicted molar refractivity (Wildman–Crippen MR) is 88.5 cm³/mol. The number of hydrogen-bond donors (Lipinski definition) is 2. The summed E-state index contributed by atoms with van der Waals surface area (Å²) in [5.41, 5.74) is 8.79. The average molecular weight is 297 g/mol. The number of nitrogens with one attached hydrogen (secondary N) is 1. The molecule has 1 heterocycles. The predicted octanol–water partition coefficient (Wildman–Crippen LogP) is 2.69. The van der Waals surface area contributed by atoms with Crippen LogP contribution in [0.15, 0.2) is 42.5 Å². The molecule has 1 saturated carbocycles. The van der Waals surface area contributed by atoms with Gasteiger partial charge in [-0.1, -0.05) is 30.3 Å². The zero-order valence-electron chi connectivity index (χ0n) is 13.0. The number of amides is 1. The van der Waals surface area contributed by atoms with Gasteiger partial charge >= 0.3 is 0 Å². The Balaban J connectivity index is 1.73. The lowest BCUT2D eigenvalue weighted by molar-refractivity contribution is 0.0918. The summed E-state index contributed by atoms with van der Waals surface area (Å²) in [6.07, 6.45) is 3.94. The molecule has 0 atom stereocenters. The minimum Gasteiger partial charge on any atom is -0.348 e. The fourth-order valence-electron chi connectivity index (χ4n) is 3.16. The molecule has 116 valence electrons. The summed E-state index contributed by atoms with van der Waals surface area (Å²) in [5.74, 6) is 0.00477. The first-order valence-corrected chi connectivity index (χ1v) is 7.92. The third-order valence-corrected chi connectivity index (χ3v) is 4.53. The van der Waals surface area contributed by atoms with Crippen molar-refractivity contribution < 1.29 is 4.79 Å². The maximum absolute atomic E-state index is 12.5. The van der Waals surface area contributed by atoms with E-state index in [4.69, 9.17) is 5.73 Å². The molecule has 4 heteroatoms. The van der Waals surface area contributed by atoms with Gasteiger partial charge in [0, 0.05) is 24.8 Å². The third kappa shape index (κ3) is 3.07. The van der Waals surface area contributed by atoms with Crippen LogP contribution in [0.25, 0.3) is 11.3 Å². The van der Waals surface area contributed by atoms with E-state index in [2.05, 4.69) is 17.4 Å². The van der Waals surface area contributed by atoms with Gasteiger partial charge in [-0.3, -0.25) is 4.79 Å². The molecule has 0 bridgehead atoms. The third-order valence-electron chi connectivity index (χ3n) is 4.53. The van der Waals surface area contributed by atoms with E-state index in [-0.39, 0.29) is 11.9 Å². The molecular weight excluding hydrogens is 274 g/mol. The molecule has 1 aliphatic carbocycles. The van der Waals surface area contributed by atoms with E-state index in [1.807, 2.05) is 41.9 Å². The summed E-state index contributed by atoms with van der Waals surface area (Å²) in [7, 11) is 1.94. The second-order valence-corrected chi connectivity index (χ2v) is 6.11. The molecular formula is C18H23N3O. The fourth-order valence-corrected chi connectivity index (χ4v) is 3.16. The van der Waals surface area contributed by atoms with E-state index in [0.717, 1.165) is 36.9 Å². The maximum Gasteiger partial charge on any atom is 0.268 e. The van der Waals surface area contributed by atoms with Gasteiger partial charge in [0.1, 0.15) is 5.69 Å². The largest absolute Gasteiger partial charge is 0.348 e. The molecule has 4 nitrogen and oxygen atoms in total. The highest BCUT2D eigenvalue weighted by atomic mass is 16.2. The summed E-state index contributed by atoms with van der Waals surface area (Å²) >= 11 is 0. The Labute approximate surface area is 131 Å². The highest BCUT2D eigenvalue weighted by Crippen LogP contribution is 2.22. The van der Waals surface area contributed by atoms with Crippen LogP contribution in [0.2, 0.25) is 0 Å². The molecule has 1 aromatic heterocycles. The lowest BCUT2D eigenvalue weighted by Gasteiger charge is -2.26. The zero-order valence-corrected chi connectivity index (χ0v) is 13.0. The van der Waals surface area contributed by atoms with Crippen molar-refractivity contribution in [3.8, 4) is 11.3 Å². The monoisotopic (exact) mass is 297 g/mol. The van der Waals surface area contributed by atoms with Crippen LogP contribution >= 0.6 is 0 Å². The van der Waals surface area contributed by atoms with Gasteiger partial charge in [-0.05, 0) is 43.4 Å². The van der Waals surface area contributed by atoms with E-state index >= 15 is 0 Å². The van der Waals surface area contributed by atoms with E-state index < -0.39 is 0 Å². The van der Waals surface area contributed by atoms with Gasteiger partial charge in [0.2, 0.25) is 0 Å². The van der Waals surface area contributed by atoms with E-state index in [1.54, 1.807) is 0 Å². The van der Waals surface area contributed by atoms with Crippen molar-refractivity contribution in [2.45, 2.75) is 37.8 Å². The summed E-state index contributed by atoms with van der Waals surface area (Å²) in [6.45, 7) is 0. The Kier molecular flexibility index (Phi) is 4.29. The summed E-state index contributed by atoms with van der Waals surface area (Å²) in [6, 6.07) is 14.6. The summed E-state index contributed by atoms with van der Waals surface area (Å²) < 4.78 is 1.96. The minimum absolute atomic E-state index is 0.00477. The maximum atomic E-state index is 12.5. The topological polar surface area (TPSA) is 60.0 Å². The van der Waals surface area contributed by atoms with Gasteiger partial charge in [0.25, 0.3) is 5.91 Å². The van der Waals surface area contributed by atoms with Crippen LogP contribution in [0.1, 0.15) is 36.2 Å². The lowest BCUT2D eigenvalue weighted by Crippen LogP contribution is -2.40. The van der Waals surface area contributed by atoms with Crippen LogP contribution in [-0.2, 0) is 7.05 Å². The van der Waals surface area contributed by atoms with E-state index in [0.29, 0.717) is 11.7 Å². The molecule has 3 N–H and O–H groups in total. The quantitative estimate of drug-likeness (QED) is 0.915. The molecule has 0 aliphatic heterocycles.